The molecule has 1 heterocycles. The fourth-order valence-electron chi connectivity index (χ4n) is 1.90. The van der Waals surface area contributed by atoms with Crippen molar-refractivity contribution in [1.29, 1.82) is 0 Å². The number of esters is 1. The SMILES string of the molecule is C=CCCCc1ccc2sc(C(=O)OC)cc2c1. The number of rotatable bonds is 5. The Morgan fingerprint density at radius 1 is 1.44 bits per heavy atom. The zero-order chi connectivity index (χ0) is 13.0. The molecule has 0 fully saturated rings. The van der Waals surface area contributed by atoms with Gasteiger partial charge in [0.05, 0.1) is 7.11 Å². The first-order chi connectivity index (χ1) is 8.74. The van der Waals surface area contributed by atoms with E-state index in [0.717, 1.165) is 29.3 Å². The van der Waals surface area contributed by atoms with Gasteiger partial charge in [0.1, 0.15) is 4.88 Å². The maximum absolute atomic E-state index is 11.5. The Bertz CT molecular complexity index is 569. The van der Waals surface area contributed by atoms with Crippen molar-refractivity contribution in [3.63, 3.8) is 0 Å². The van der Waals surface area contributed by atoms with Gasteiger partial charge in [-0.3, -0.25) is 0 Å². The molecule has 0 amide bonds. The number of methoxy groups -OCH3 is 1. The third kappa shape index (κ3) is 2.79. The first-order valence-corrected chi connectivity index (χ1v) is 6.78. The second-order valence-electron chi connectivity index (χ2n) is 4.16. The summed E-state index contributed by atoms with van der Waals surface area (Å²) in [5, 5.41) is 1.12. The molecule has 0 spiro atoms. The summed E-state index contributed by atoms with van der Waals surface area (Å²) in [5.74, 6) is -0.260. The highest BCUT2D eigenvalue weighted by Crippen LogP contribution is 2.27. The predicted molar refractivity (Wildman–Crippen MR) is 76.3 cm³/mol. The van der Waals surface area contributed by atoms with Gasteiger partial charge in [0, 0.05) is 4.70 Å². The molecule has 0 aliphatic rings. The lowest BCUT2D eigenvalue weighted by molar-refractivity contribution is 0.0606. The first-order valence-electron chi connectivity index (χ1n) is 5.96. The smallest absolute Gasteiger partial charge is 0.348 e. The molecule has 2 rings (SSSR count). The van der Waals surface area contributed by atoms with Gasteiger partial charge in [-0.15, -0.1) is 17.9 Å². The number of carbonyl (C=O) groups excluding carboxylic acids is 1. The van der Waals surface area contributed by atoms with Crippen LogP contribution in [0.4, 0.5) is 0 Å². The van der Waals surface area contributed by atoms with Gasteiger partial charge in [0.25, 0.3) is 0 Å². The number of aryl methyl sites for hydroxylation is 1. The number of allylic oxidation sites excluding steroid dienone is 1. The predicted octanol–water partition coefficient (Wildman–Crippen LogP) is 4.20. The van der Waals surface area contributed by atoms with Crippen LogP contribution >= 0.6 is 11.3 Å². The van der Waals surface area contributed by atoms with E-state index in [-0.39, 0.29) is 5.97 Å². The molecule has 94 valence electrons. The van der Waals surface area contributed by atoms with Crippen LogP contribution in [0.5, 0.6) is 0 Å². The van der Waals surface area contributed by atoms with E-state index in [4.69, 9.17) is 4.74 Å². The fourth-order valence-corrected chi connectivity index (χ4v) is 2.86. The van der Waals surface area contributed by atoms with Crippen LogP contribution in [0.1, 0.15) is 28.1 Å². The van der Waals surface area contributed by atoms with Crippen molar-refractivity contribution in [3.8, 4) is 0 Å². The highest BCUT2D eigenvalue weighted by molar-refractivity contribution is 7.20. The molecule has 2 aromatic rings. The van der Waals surface area contributed by atoms with Crippen LogP contribution in [-0.4, -0.2) is 13.1 Å². The number of fused-ring (bicyclic) bond motifs is 1. The van der Waals surface area contributed by atoms with Crippen molar-refractivity contribution in [2.45, 2.75) is 19.3 Å². The molecule has 2 nitrogen and oxygen atoms in total. The number of hydrogen-bond acceptors (Lipinski definition) is 3. The van der Waals surface area contributed by atoms with E-state index in [1.807, 2.05) is 12.1 Å². The van der Waals surface area contributed by atoms with Crippen molar-refractivity contribution in [2.75, 3.05) is 7.11 Å². The standard InChI is InChI=1S/C15H16O2S/c1-3-4-5-6-11-7-8-13-12(9-11)10-14(18-13)15(16)17-2/h3,7-10H,1,4-6H2,2H3. The number of hydrogen-bond donors (Lipinski definition) is 0. The Labute approximate surface area is 111 Å². The van der Waals surface area contributed by atoms with Crippen LogP contribution in [0.25, 0.3) is 10.1 Å². The Kier molecular flexibility index (Phi) is 4.15. The largest absolute Gasteiger partial charge is 0.465 e. The van der Waals surface area contributed by atoms with Crippen molar-refractivity contribution < 1.29 is 9.53 Å². The average molecular weight is 260 g/mol. The minimum Gasteiger partial charge on any atom is -0.465 e. The van der Waals surface area contributed by atoms with E-state index < -0.39 is 0 Å². The fraction of sp³-hybridized carbons (Fsp3) is 0.267. The molecule has 0 unspecified atom stereocenters. The Morgan fingerprint density at radius 3 is 3.00 bits per heavy atom. The second kappa shape index (κ2) is 5.83. The summed E-state index contributed by atoms with van der Waals surface area (Å²) in [6, 6.07) is 8.27. The lowest BCUT2D eigenvalue weighted by Gasteiger charge is -1.99. The zero-order valence-electron chi connectivity index (χ0n) is 10.4. The second-order valence-corrected chi connectivity index (χ2v) is 5.24. The summed E-state index contributed by atoms with van der Waals surface area (Å²) in [6.45, 7) is 3.72. The molecular formula is C15H16O2S. The molecule has 0 saturated heterocycles. The van der Waals surface area contributed by atoms with Gasteiger partial charge in [-0.2, -0.15) is 0 Å². The van der Waals surface area contributed by atoms with Crippen molar-refractivity contribution >= 4 is 27.4 Å². The van der Waals surface area contributed by atoms with Gasteiger partial charge in [0.2, 0.25) is 0 Å². The molecule has 0 aliphatic carbocycles. The summed E-state index contributed by atoms with van der Waals surface area (Å²) < 4.78 is 5.86. The van der Waals surface area contributed by atoms with Crippen LogP contribution in [0.15, 0.2) is 36.9 Å². The summed E-state index contributed by atoms with van der Waals surface area (Å²) in [4.78, 5) is 12.1. The van der Waals surface area contributed by atoms with Gasteiger partial charge in [-0.25, -0.2) is 4.79 Å². The molecule has 0 saturated carbocycles. The number of benzene rings is 1. The Hall–Kier alpha value is -1.61. The topological polar surface area (TPSA) is 26.3 Å². The average Bonchev–Trinajstić information content (AvgIpc) is 2.81. The van der Waals surface area contributed by atoms with Gasteiger partial charge >= 0.3 is 5.97 Å². The van der Waals surface area contributed by atoms with Crippen LogP contribution < -0.4 is 0 Å². The molecule has 0 atom stereocenters. The number of ether oxygens (including phenoxy) is 1. The Morgan fingerprint density at radius 2 is 2.28 bits per heavy atom. The highest BCUT2D eigenvalue weighted by atomic mass is 32.1. The van der Waals surface area contributed by atoms with Crippen molar-refractivity contribution in [3.05, 3.63) is 47.4 Å². The summed E-state index contributed by atoms with van der Waals surface area (Å²) in [6.07, 6.45) is 5.14. The van der Waals surface area contributed by atoms with Gasteiger partial charge < -0.3 is 4.74 Å². The zero-order valence-corrected chi connectivity index (χ0v) is 11.3. The minimum absolute atomic E-state index is 0.260. The number of unbranched alkanes of at least 4 members (excludes halogenated alkanes) is 1. The van der Waals surface area contributed by atoms with Crippen LogP contribution in [0.3, 0.4) is 0 Å². The lowest BCUT2D eigenvalue weighted by Crippen LogP contribution is -1.96. The third-order valence-electron chi connectivity index (χ3n) is 2.84. The van der Waals surface area contributed by atoms with Crippen molar-refractivity contribution in [2.24, 2.45) is 0 Å². The summed E-state index contributed by atoms with van der Waals surface area (Å²) >= 11 is 1.48. The highest BCUT2D eigenvalue weighted by Gasteiger charge is 2.10. The maximum Gasteiger partial charge on any atom is 0.348 e. The molecule has 18 heavy (non-hydrogen) atoms. The van der Waals surface area contributed by atoms with E-state index in [9.17, 15) is 4.79 Å². The normalized spacial score (nSPS) is 10.5. The van der Waals surface area contributed by atoms with Crippen LogP contribution in [0.2, 0.25) is 0 Å². The van der Waals surface area contributed by atoms with E-state index >= 15 is 0 Å². The maximum atomic E-state index is 11.5. The van der Waals surface area contributed by atoms with E-state index in [0.29, 0.717) is 4.88 Å². The van der Waals surface area contributed by atoms with Crippen molar-refractivity contribution in [1.82, 2.24) is 0 Å². The molecule has 3 heteroatoms. The summed E-state index contributed by atoms with van der Waals surface area (Å²) in [7, 11) is 1.41. The minimum atomic E-state index is -0.260. The molecule has 0 N–H and O–H groups in total. The molecule has 1 aromatic heterocycles. The number of carbonyl (C=O) groups is 1. The van der Waals surface area contributed by atoms with Crippen LogP contribution in [-0.2, 0) is 11.2 Å². The molecule has 0 aliphatic heterocycles. The number of thiophene rings is 1. The lowest BCUT2D eigenvalue weighted by atomic mass is 10.1. The molecule has 0 radical (unpaired) electrons. The third-order valence-corrected chi connectivity index (χ3v) is 3.94. The Balaban J connectivity index is 2.22. The van der Waals surface area contributed by atoms with Gasteiger partial charge in [0.15, 0.2) is 0 Å². The molecule has 0 bridgehead atoms. The summed E-state index contributed by atoms with van der Waals surface area (Å²) in [5.41, 5.74) is 1.30. The van der Waals surface area contributed by atoms with E-state index in [2.05, 4.69) is 24.8 Å². The quantitative estimate of drug-likeness (QED) is 0.457. The van der Waals surface area contributed by atoms with Crippen LogP contribution in [0, 0.1) is 0 Å². The van der Waals surface area contributed by atoms with E-state index in [1.165, 1.54) is 24.0 Å². The van der Waals surface area contributed by atoms with Gasteiger partial charge in [-0.1, -0.05) is 18.2 Å². The van der Waals surface area contributed by atoms with Gasteiger partial charge in [-0.05, 0) is 42.3 Å². The monoisotopic (exact) mass is 260 g/mol. The van der Waals surface area contributed by atoms with E-state index in [1.54, 1.807) is 0 Å². The molecule has 1 aromatic carbocycles. The molecular weight excluding hydrogens is 244 g/mol. The first kappa shape index (κ1) is 12.8.